The van der Waals surface area contributed by atoms with E-state index in [4.69, 9.17) is 4.74 Å². The molecular weight excluding hydrogens is 326 g/mol. The Balaban J connectivity index is 1.46. The van der Waals surface area contributed by atoms with Crippen molar-refractivity contribution in [2.24, 2.45) is 5.92 Å². The van der Waals surface area contributed by atoms with Gasteiger partial charge in [0.15, 0.2) is 0 Å². The summed E-state index contributed by atoms with van der Waals surface area (Å²) in [5.74, 6) is 1.89. The van der Waals surface area contributed by atoms with Crippen LogP contribution in [0.15, 0.2) is 24.3 Å². The predicted molar refractivity (Wildman–Crippen MR) is 106 cm³/mol. The average Bonchev–Trinajstić information content (AvgIpc) is 2.69. The number of hydrogen-bond donors (Lipinski definition) is 1. The van der Waals surface area contributed by atoms with Gasteiger partial charge in [-0.15, -0.1) is 0 Å². The minimum absolute atomic E-state index is 0.0487. The predicted octanol–water partition coefficient (Wildman–Crippen LogP) is 2.90. The molecule has 1 N–H and O–H groups in total. The van der Waals surface area contributed by atoms with Crippen molar-refractivity contribution in [2.45, 2.75) is 51.6 Å². The number of piperazine rings is 1. The first kappa shape index (κ1) is 19.0. The normalized spacial score (nSPS) is 25.6. The van der Waals surface area contributed by atoms with Gasteiger partial charge >= 0.3 is 0 Å². The minimum Gasteiger partial charge on any atom is -0.497 e. The van der Waals surface area contributed by atoms with Crippen molar-refractivity contribution < 1.29 is 9.53 Å². The molecule has 1 aliphatic carbocycles. The van der Waals surface area contributed by atoms with Crippen LogP contribution in [0.3, 0.4) is 0 Å². The third-order valence-corrected chi connectivity index (χ3v) is 6.04. The highest BCUT2D eigenvalue weighted by molar-refractivity contribution is 5.81. The SMILES string of the molecule is COc1ccc(N2CCN([C@H](C)C(=O)NC3CCC(C)CC3)CC2)cc1. The van der Waals surface area contributed by atoms with E-state index in [9.17, 15) is 4.79 Å². The Labute approximate surface area is 157 Å². The lowest BCUT2D eigenvalue weighted by Gasteiger charge is -2.39. The van der Waals surface area contributed by atoms with E-state index >= 15 is 0 Å². The molecule has 3 rings (SSSR count). The summed E-state index contributed by atoms with van der Waals surface area (Å²) < 4.78 is 5.23. The van der Waals surface area contributed by atoms with Crippen LogP contribution in [0.1, 0.15) is 39.5 Å². The minimum atomic E-state index is -0.0487. The first-order valence-electron chi connectivity index (χ1n) is 10.00. The van der Waals surface area contributed by atoms with Crippen molar-refractivity contribution in [3.05, 3.63) is 24.3 Å². The second-order valence-corrected chi connectivity index (χ2v) is 7.86. The summed E-state index contributed by atoms with van der Waals surface area (Å²) in [6, 6.07) is 8.55. The fourth-order valence-corrected chi connectivity index (χ4v) is 4.05. The molecule has 5 heteroatoms. The van der Waals surface area contributed by atoms with Gasteiger partial charge in [-0.1, -0.05) is 6.92 Å². The van der Waals surface area contributed by atoms with Gasteiger partial charge in [0.1, 0.15) is 5.75 Å². The van der Waals surface area contributed by atoms with Crippen molar-refractivity contribution in [1.29, 1.82) is 0 Å². The number of carbonyl (C=O) groups excluding carboxylic acids is 1. The highest BCUT2D eigenvalue weighted by Gasteiger charge is 2.28. The first-order valence-corrected chi connectivity index (χ1v) is 10.00. The Morgan fingerprint density at radius 3 is 2.27 bits per heavy atom. The summed E-state index contributed by atoms with van der Waals surface area (Å²) in [4.78, 5) is 17.3. The monoisotopic (exact) mass is 359 g/mol. The van der Waals surface area contributed by atoms with Gasteiger partial charge in [0.25, 0.3) is 0 Å². The zero-order chi connectivity index (χ0) is 18.5. The maximum absolute atomic E-state index is 12.6. The zero-order valence-electron chi connectivity index (χ0n) is 16.4. The zero-order valence-corrected chi connectivity index (χ0v) is 16.4. The fourth-order valence-electron chi connectivity index (χ4n) is 4.05. The third-order valence-electron chi connectivity index (χ3n) is 6.04. The molecule has 1 amide bonds. The van der Waals surface area contributed by atoms with Gasteiger partial charge in [-0.05, 0) is 62.8 Å². The van der Waals surface area contributed by atoms with Crippen molar-refractivity contribution in [3.63, 3.8) is 0 Å². The lowest BCUT2D eigenvalue weighted by molar-refractivity contribution is -0.127. The number of hydrogen-bond acceptors (Lipinski definition) is 4. The summed E-state index contributed by atoms with van der Waals surface area (Å²) in [6.45, 7) is 8.09. The Hall–Kier alpha value is -1.75. The highest BCUT2D eigenvalue weighted by atomic mass is 16.5. The standard InChI is InChI=1S/C21H33N3O2/c1-16-4-6-18(7-5-16)22-21(25)17(2)23-12-14-24(15-13-23)19-8-10-20(26-3)11-9-19/h8-11,16-18H,4-7,12-15H2,1-3H3,(H,22,25)/t16?,17-,18?/m1/s1. The second kappa shape index (κ2) is 8.76. The number of nitrogens with one attached hydrogen (secondary N) is 1. The van der Waals surface area contributed by atoms with E-state index in [-0.39, 0.29) is 11.9 Å². The van der Waals surface area contributed by atoms with Gasteiger partial charge in [0, 0.05) is 37.9 Å². The van der Waals surface area contributed by atoms with Crippen LogP contribution in [0.2, 0.25) is 0 Å². The number of ether oxygens (including phenoxy) is 1. The quantitative estimate of drug-likeness (QED) is 0.878. The molecule has 1 heterocycles. The molecule has 144 valence electrons. The molecular formula is C21H33N3O2. The van der Waals surface area contributed by atoms with E-state index in [1.807, 2.05) is 19.1 Å². The molecule has 0 bridgehead atoms. The molecule has 1 aromatic carbocycles. The van der Waals surface area contributed by atoms with Crippen molar-refractivity contribution in [2.75, 3.05) is 38.2 Å². The summed E-state index contributed by atoms with van der Waals surface area (Å²) in [7, 11) is 1.69. The molecule has 0 aromatic heterocycles. The Morgan fingerprint density at radius 2 is 1.69 bits per heavy atom. The fraction of sp³-hybridized carbons (Fsp3) is 0.667. The number of nitrogens with zero attached hydrogens (tertiary/aromatic N) is 2. The Morgan fingerprint density at radius 1 is 1.08 bits per heavy atom. The third kappa shape index (κ3) is 4.70. The van der Waals surface area contributed by atoms with Crippen LogP contribution >= 0.6 is 0 Å². The maximum Gasteiger partial charge on any atom is 0.237 e. The van der Waals surface area contributed by atoms with Crippen LogP contribution in [0.25, 0.3) is 0 Å². The molecule has 2 fully saturated rings. The van der Waals surface area contributed by atoms with Crippen LogP contribution in [0.4, 0.5) is 5.69 Å². The van der Waals surface area contributed by atoms with Gasteiger partial charge in [-0.3, -0.25) is 9.69 Å². The molecule has 1 saturated heterocycles. The van der Waals surface area contributed by atoms with Crippen LogP contribution in [0, 0.1) is 5.92 Å². The van der Waals surface area contributed by atoms with Crippen molar-refractivity contribution >= 4 is 11.6 Å². The first-order chi connectivity index (χ1) is 12.6. The van der Waals surface area contributed by atoms with E-state index in [0.29, 0.717) is 6.04 Å². The van der Waals surface area contributed by atoms with Crippen LogP contribution < -0.4 is 15.0 Å². The van der Waals surface area contributed by atoms with E-state index in [2.05, 4.69) is 34.2 Å². The summed E-state index contributed by atoms with van der Waals surface area (Å²) >= 11 is 0. The number of amides is 1. The van der Waals surface area contributed by atoms with Gasteiger partial charge < -0.3 is 15.0 Å². The molecule has 1 atom stereocenters. The Bertz CT molecular complexity index is 573. The van der Waals surface area contributed by atoms with Crippen LogP contribution in [-0.2, 0) is 4.79 Å². The average molecular weight is 360 g/mol. The Kier molecular flexibility index (Phi) is 6.41. The molecule has 0 radical (unpaired) electrons. The summed E-state index contributed by atoms with van der Waals surface area (Å²) in [5.41, 5.74) is 1.22. The van der Waals surface area contributed by atoms with E-state index in [1.54, 1.807) is 7.11 Å². The van der Waals surface area contributed by atoms with Gasteiger partial charge in [0.05, 0.1) is 13.2 Å². The summed E-state index contributed by atoms with van der Waals surface area (Å²) in [6.07, 6.45) is 4.73. The number of anilines is 1. The highest BCUT2D eigenvalue weighted by Crippen LogP contribution is 2.24. The number of carbonyl (C=O) groups is 1. The molecule has 0 spiro atoms. The number of methoxy groups -OCH3 is 1. The molecule has 2 aliphatic rings. The molecule has 1 aromatic rings. The second-order valence-electron chi connectivity index (χ2n) is 7.86. The van der Waals surface area contributed by atoms with E-state index in [1.165, 1.54) is 18.5 Å². The molecule has 26 heavy (non-hydrogen) atoms. The smallest absolute Gasteiger partial charge is 0.237 e. The van der Waals surface area contributed by atoms with Gasteiger partial charge in [0.2, 0.25) is 5.91 Å². The number of benzene rings is 1. The van der Waals surface area contributed by atoms with E-state index < -0.39 is 0 Å². The number of rotatable bonds is 5. The van der Waals surface area contributed by atoms with Crippen LogP contribution in [0.5, 0.6) is 5.75 Å². The molecule has 1 aliphatic heterocycles. The van der Waals surface area contributed by atoms with Crippen molar-refractivity contribution in [3.8, 4) is 5.75 Å². The molecule has 1 saturated carbocycles. The van der Waals surface area contributed by atoms with Crippen molar-refractivity contribution in [1.82, 2.24) is 10.2 Å². The molecule has 0 unspecified atom stereocenters. The molecule has 5 nitrogen and oxygen atoms in total. The lowest BCUT2D eigenvalue weighted by Crippen LogP contribution is -2.55. The summed E-state index contributed by atoms with van der Waals surface area (Å²) in [5, 5.41) is 3.28. The topological polar surface area (TPSA) is 44.8 Å². The largest absolute Gasteiger partial charge is 0.497 e. The van der Waals surface area contributed by atoms with Gasteiger partial charge in [-0.25, -0.2) is 0 Å². The van der Waals surface area contributed by atoms with E-state index in [0.717, 1.165) is 50.7 Å². The van der Waals surface area contributed by atoms with Crippen LogP contribution in [-0.4, -0.2) is 56.2 Å². The maximum atomic E-state index is 12.6. The lowest BCUT2D eigenvalue weighted by atomic mass is 9.87. The van der Waals surface area contributed by atoms with Gasteiger partial charge in [-0.2, -0.15) is 0 Å².